The maximum absolute atomic E-state index is 10.7. The molecule has 0 aliphatic carbocycles. The Labute approximate surface area is 110 Å². The van der Waals surface area contributed by atoms with Crippen molar-refractivity contribution in [3.8, 4) is 0 Å². The number of aryl methyl sites for hydroxylation is 3. The Morgan fingerprint density at radius 3 is 2.63 bits per heavy atom. The van der Waals surface area contributed by atoms with E-state index in [1.165, 1.54) is 6.07 Å². The van der Waals surface area contributed by atoms with Crippen molar-refractivity contribution in [3.05, 3.63) is 50.9 Å². The molecule has 6 heteroatoms. The van der Waals surface area contributed by atoms with E-state index >= 15 is 0 Å². The number of hydrogen-bond acceptors (Lipinski definition) is 5. The minimum Gasteiger partial charge on any atom is -0.381 e. The standard InChI is InChI=1S/C13H15N3O3/c1-8-6-11(4-5-13(8)16(17)18)14-7-12-9(2)15-19-10(12)3/h4-6,14H,7H2,1-3H3. The molecule has 0 aliphatic heterocycles. The monoisotopic (exact) mass is 261 g/mol. The fourth-order valence-electron chi connectivity index (χ4n) is 1.91. The third-order valence-corrected chi connectivity index (χ3v) is 3.04. The van der Waals surface area contributed by atoms with Gasteiger partial charge in [-0.15, -0.1) is 0 Å². The molecule has 0 spiro atoms. The molecule has 0 radical (unpaired) electrons. The van der Waals surface area contributed by atoms with Crippen LogP contribution in [-0.4, -0.2) is 10.1 Å². The van der Waals surface area contributed by atoms with Gasteiger partial charge in [-0.1, -0.05) is 5.16 Å². The first-order chi connectivity index (χ1) is 8.99. The lowest BCUT2D eigenvalue weighted by Crippen LogP contribution is -2.02. The van der Waals surface area contributed by atoms with E-state index in [2.05, 4.69) is 10.5 Å². The van der Waals surface area contributed by atoms with Crippen molar-refractivity contribution in [2.75, 3.05) is 5.32 Å². The number of nitro benzene ring substituents is 1. The van der Waals surface area contributed by atoms with Crippen LogP contribution in [0, 0.1) is 30.9 Å². The molecule has 0 amide bonds. The molecule has 1 N–H and O–H groups in total. The van der Waals surface area contributed by atoms with Crippen LogP contribution in [0.5, 0.6) is 0 Å². The van der Waals surface area contributed by atoms with E-state index in [0.29, 0.717) is 12.1 Å². The SMILES string of the molecule is Cc1cc(NCc2c(C)noc2C)ccc1[N+](=O)[O-]. The van der Waals surface area contributed by atoms with E-state index in [1.54, 1.807) is 19.1 Å². The van der Waals surface area contributed by atoms with Gasteiger partial charge >= 0.3 is 0 Å². The summed E-state index contributed by atoms with van der Waals surface area (Å²) in [5.41, 5.74) is 3.46. The fourth-order valence-corrected chi connectivity index (χ4v) is 1.91. The highest BCUT2D eigenvalue weighted by Crippen LogP contribution is 2.22. The van der Waals surface area contributed by atoms with Crippen molar-refractivity contribution in [1.29, 1.82) is 0 Å². The third-order valence-electron chi connectivity index (χ3n) is 3.04. The summed E-state index contributed by atoms with van der Waals surface area (Å²) in [6.07, 6.45) is 0. The first-order valence-electron chi connectivity index (χ1n) is 5.89. The molecule has 6 nitrogen and oxygen atoms in total. The van der Waals surface area contributed by atoms with Gasteiger partial charge in [-0.25, -0.2) is 0 Å². The molecule has 1 aromatic heterocycles. The molecule has 0 unspecified atom stereocenters. The second-order valence-corrected chi connectivity index (χ2v) is 4.41. The first kappa shape index (κ1) is 13.1. The Balaban J connectivity index is 2.13. The van der Waals surface area contributed by atoms with Crippen molar-refractivity contribution in [2.45, 2.75) is 27.3 Å². The van der Waals surface area contributed by atoms with Gasteiger partial charge in [0.25, 0.3) is 5.69 Å². The quantitative estimate of drug-likeness (QED) is 0.675. The number of aromatic nitrogens is 1. The summed E-state index contributed by atoms with van der Waals surface area (Å²) < 4.78 is 5.08. The van der Waals surface area contributed by atoms with Gasteiger partial charge < -0.3 is 9.84 Å². The number of nitro groups is 1. The van der Waals surface area contributed by atoms with Gasteiger partial charge in [-0.2, -0.15) is 0 Å². The average molecular weight is 261 g/mol. The maximum atomic E-state index is 10.7. The normalized spacial score (nSPS) is 10.5. The van der Waals surface area contributed by atoms with Gasteiger partial charge in [-0.05, 0) is 32.9 Å². The van der Waals surface area contributed by atoms with Crippen molar-refractivity contribution in [1.82, 2.24) is 5.16 Å². The third kappa shape index (κ3) is 2.73. The lowest BCUT2D eigenvalue weighted by Gasteiger charge is -2.07. The molecule has 0 saturated carbocycles. The van der Waals surface area contributed by atoms with Crippen molar-refractivity contribution in [2.24, 2.45) is 0 Å². The molecule has 1 heterocycles. The van der Waals surface area contributed by atoms with E-state index in [1.807, 2.05) is 13.8 Å². The van der Waals surface area contributed by atoms with Crippen LogP contribution in [0.15, 0.2) is 22.7 Å². The molecule has 0 atom stereocenters. The average Bonchev–Trinajstić information content (AvgIpc) is 2.66. The van der Waals surface area contributed by atoms with Gasteiger partial charge in [0.2, 0.25) is 0 Å². The summed E-state index contributed by atoms with van der Waals surface area (Å²) in [4.78, 5) is 10.3. The molecule has 2 rings (SSSR count). The minimum absolute atomic E-state index is 0.128. The zero-order valence-corrected chi connectivity index (χ0v) is 11.1. The predicted molar refractivity (Wildman–Crippen MR) is 71.1 cm³/mol. The molecule has 2 aromatic rings. The zero-order chi connectivity index (χ0) is 14.0. The summed E-state index contributed by atoms with van der Waals surface area (Å²) in [7, 11) is 0. The topological polar surface area (TPSA) is 81.2 Å². The Bertz CT molecular complexity index is 600. The molecule has 0 bridgehead atoms. The molecule has 0 fully saturated rings. The van der Waals surface area contributed by atoms with Gasteiger partial charge in [0.1, 0.15) is 5.76 Å². The van der Waals surface area contributed by atoms with E-state index in [0.717, 1.165) is 22.7 Å². The number of anilines is 1. The Morgan fingerprint density at radius 1 is 1.37 bits per heavy atom. The maximum Gasteiger partial charge on any atom is 0.272 e. The fraction of sp³-hybridized carbons (Fsp3) is 0.308. The highest BCUT2D eigenvalue weighted by molar-refractivity contribution is 5.53. The Hall–Kier alpha value is -2.37. The molecule has 100 valence electrons. The molecular weight excluding hydrogens is 246 g/mol. The number of rotatable bonds is 4. The van der Waals surface area contributed by atoms with Gasteiger partial charge in [0.15, 0.2) is 0 Å². The van der Waals surface area contributed by atoms with Crippen LogP contribution >= 0.6 is 0 Å². The Morgan fingerprint density at radius 2 is 2.11 bits per heavy atom. The molecule has 19 heavy (non-hydrogen) atoms. The van der Waals surface area contributed by atoms with Crippen LogP contribution in [0.2, 0.25) is 0 Å². The van der Waals surface area contributed by atoms with E-state index in [-0.39, 0.29) is 10.6 Å². The zero-order valence-electron chi connectivity index (χ0n) is 11.1. The number of nitrogens with one attached hydrogen (secondary N) is 1. The summed E-state index contributed by atoms with van der Waals surface area (Å²) in [6, 6.07) is 4.96. The molecular formula is C13H15N3O3. The minimum atomic E-state index is -0.382. The van der Waals surface area contributed by atoms with E-state index in [9.17, 15) is 10.1 Å². The largest absolute Gasteiger partial charge is 0.381 e. The van der Waals surface area contributed by atoms with Crippen molar-refractivity contribution >= 4 is 11.4 Å². The van der Waals surface area contributed by atoms with Gasteiger partial charge in [0.05, 0.1) is 10.6 Å². The molecule has 1 aromatic carbocycles. The summed E-state index contributed by atoms with van der Waals surface area (Å²) in [6.45, 7) is 6.05. The second-order valence-electron chi connectivity index (χ2n) is 4.41. The van der Waals surface area contributed by atoms with Crippen LogP contribution < -0.4 is 5.32 Å². The van der Waals surface area contributed by atoms with E-state index in [4.69, 9.17) is 4.52 Å². The van der Waals surface area contributed by atoms with Gasteiger partial charge in [0, 0.05) is 29.4 Å². The van der Waals surface area contributed by atoms with E-state index < -0.39 is 0 Å². The van der Waals surface area contributed by atoms with Crippen LogP contribution in [0.3, 0.4) is 0 Å². The van der Waals surface area contributed by atoms with Gasteiger partial charge in [-0.3, -0.25) is 10.1 Å². The highest BCUT2D eigenvalue weighted by Gasteiger charge is 2.11. The van der Waals surface area contributed by atoms with Crippen LogP contribution in [0.4, 0.5) is 11.4 Å². The summed E-state index contributed by atoms with van der Waals surface area (Å²) in [5.74, 6) is 0.781. The van der Waals surface area contributed by atoms with Crippen LogP contribution in [0.25, 0.3) is 0 Å². The smallest absolute Gasteiger partial charge is 0.272 e. The van der Waals surface area contributed by atoms with Crippen LogP contribution in [0.1, 0.15) is 22.6 Å². The predicted octanol–water partition coefficient (Wildman–Crippen LogP) is 3.12. The lowest BCUT2D eigenvalue weighted by atomic mass is 10.1. The van der Waals surface area contributed by atoms with Crippen molar-refractivity contribution < 1.29 is 9.45 Å². The first-order valence-corrected chi connectivity index (χ1v) is 5.89. The highest BCUT2D eigenvalue weighted by atomic mass is 16.6. The van der Waals surface area contributed by atoms with Crippen molar-refractivity contribution in [3.63, 3.8) is 0 Å². The molecule has 0 saturated heterocycles. The second kappa shape index (κ2) is 5.09. The number of nitrogens with zero attached hydrogens (tertiary/aromatic N) is 2. The summed E-state index contributed by atoms with van der Waals surface area (Å²) >= 11 is 0. The number of hydrogen-bond donors (Lipinski definition) is 1. The number of benzene rings is 1. The summed E-state index contributed by atoms with van der Waals surface area (Å²) in [5, 5.41) is 17.8. The van der Waals surface area contributed by atoms with Crippen LogP contribution in [-0.2, 0) is 6.54 Å². The lowest BCUT2D eigenvalue weighted by molar-refractivity contribution is -0.385. The Kier molecular flexibility index (Phi) is 3.50. The molecule has 0 aliphatic rings.